The summed E-state index contributed by atoms with van der Waals surface area (Å²) in [7, 11) is 0. The molecule has 1 amide bonds. The number of aromatic nitrogens is 2. The molecule has 1 fully saturated rings. The van der Waals surface area contributed by atoms with Crippen molar-refractivity contribution in [3.63, 3.8) is 0 Å². The lowest BCUT2D eigenvalue weighted by atomic mass is 10.1. The Hall–Kier alpha value is -2.43. The van der Waals surface area contributed by atoms with Crippen LogP contribution in [0.4, 0.5) is 11.5 Å². The molecule has 0 unspecified atom stereocenters. The predicted octanol–water partition coefficient (Wildman–Crippen LogP) is 3.51. The van der Waals surface area contributed by atoms with E-state index < -0.39 is 0 Å². The maximum absolute atomic E-state index is 12.1. The van der Waals surface area contributed by atoms with Gasteiger partial charge in [0.15, 0.2) is 0 Å². The van der Waals surface area contributed by atoms with Gasteiger partial charge in [-0.15, -0.1) is 0 Å². The lowest BCUT2D eigenvalue weighted by molar-refractivity contribution is 0.0932. The number of hydrogen-bond donors (Lipinski definition) is 2. The van der Waals surface area contributed by atoms with Crippen molar-refractivity contribution in [3.05, 3.63) is 47.4 Å². The average molecular weight is 310 g/mol. The van der Waals surface area contributed by atoms with Crippen molar-refractivity contribution in [1.82, 2.24) is 15.3 Å². The summed E-state index contributed by atoms with van der Waals surface area (Å²) in [6, 6.07) is 6.49. The summed E-state index contributed by atoms with van der Waals surface area (Å²) in [4.78, 5) is 20.7. The second kappa shape index (κ2) is 6.77. The van der Waals surface area contributed by atoms with Gasteiger partial charge in [0.1, 0.15) is 11.5 Å². The summed E-state index contributed by atoms with van der Waals surface area (Å²) < 4.78 is 0. The van der Waals surface area contributed by atoms with Crippen molar-refractivity contribution < 1.29 is 4.79 Å². The van der Waals surface area contributed by atoms with Gasteiger partial charge in [0.05, 0.1) is 12.4 Å². The van der Waals surface area contributed by atoms with E-state index in [0.717, 1.165) is 24.1 Å². The molecule has 0 saturated heterocycles. The molecular formula is C18H22N4O. The number of nitrogens with zero attached hydrogens (tertiary/aromatic N) is 2. The number of benzene rings is 1. The van der Waals surface area contributed by atoms with Crippen LogP contribution in [-0.4, -0.2) is 21.9 Å². The van der Waals surface area contributed by atoms with Crippen LogP contribution in [0.1, 0.15) is 47.3 Å². The third-order valence-electron chi connectivity index (χ3n) is 4.23. The van der Waals surface area contributed by atoms with Gasteiger partial charge < -0.3 is 10.6 Å². The molecule has 3 rings (SSSR count). The maximum Gasteiger partial charge on any atom is 0.271 e. The summed E-state index contributed by atoms with van der Waals surface area (Å²) in [6.07, 6.45) is 7.63. The summed E-state index contributed by atoms with van der Waals surface area (Å²) in [5.41, 5.74) is 3.69. The SMILES string of the molecule is Cc1ccc(C)c(Nc2cnc(C(=O)NC3CCCC3)cn2)c1. The molecule has 0 atom stereocenters. The molecule has 0 aliphatic heterocycles. The zero-order valence-electron chi connectivity index (χ0n) is 13.6. The van der Waals surface area contributed by atoms with Crippen LogP contribution in [0.5, 0.6) is 0 Å². The van der Waals surface area contributed by atoms with E-state index in [2.05, 4.69) is 38.8 Å². The molecule has 0 radical (unpaired) electrons. The predicted molar refractivity (Wildman–Crippen MR) is 91.0 cm³/mol. The first-order valence-corrected chi connectivity index (χ1v) is 8.09. The van der Waals surface area contributed by atoms with Crippen molar-refractivity contribution >= 4 is 17.4 Å². The lowest BCUT2D eigenvalue weighted by Crippen LogP contribution is -2.33. The zero-order chi connectivity index (χ0) is 16.2. The topological polar surface area (TPSA) is 66.9 Å². The molecule has 2 aromatic rings. The molecule has 1 aromatic carbocycles. The minimum Gasteiger partial charge on any atom is -0.348 e. The summed E-state index contributed by atoms with van der Waals surface area (Å²) in [5.74, 6) is 0.499. The van der Waals surface area contributed by atoms with Gasteiger partial charge in [-0.2, -0.15) is 0 Å². The minimum atomic E-state index is -0.136. The highest BCUT2D eigenvalue weighted by molar-refractivity contribution is 5.92. The molecule has 1 saturated carbocycles. The van der Waals surface area contributed by atoms with Gasteiger partial charge in [0, 0.05) is 11.7 Å². The van der Waals surface area contributed by atoms with Crippen LogP contribution in [0.2, 0.25) is 0 Å². The van der Waals surface area contributed by atoms with Crippen molar-refractivity contribution in [2.75, 3.05) is 5.32 Å². The number of carbonyl (C=O) groups is 1. The van der Waals surface area contributed by atoms with Crippen LogP contribution in [-0.2, 0) is 0 Å². The summed E-state index contributed by atoms with van der Waals surface area (Å²) in [6.45, 7) is 4.09. The van der Waals surface area contributed by atoms with Crippen LogP contribution in [0.25, 0.3) is 0 Å². The Morgan fingerprint density at radius 3 is 2.61 bits per heavy atom. The monoisotopic (exact) mass is 310 g/mol. The van der Waals surface area contributed by atoms with E-state index in [0.29, 0.717) is 11.5 Å². The molecule has 1 aromatic heterocycles. The van der Waals surface area contributed by atoms with Crippen molar-refractivity contribution in [2.45, 2.75) is 45.6 Å². The third kappa shape index (κ3) is 3.86. The highest BCUT2D eigenvalue weighted by atomic mass is 16.1. The van der Waals surface area contributed by atoms with Gasteiger partial charge in [-0.1, -0.05) is 25.0 Å². The fraction of sp³-hybridized carbons (Fsp3) is 0.389. The van der Waals surface area contributed by atoms with Gasteiger partial charge in [-0.05, 0) is 43.9 Å². The van der Waals surface area contributed by atoms with Crippen LogP contribution in [0.3, 0.4) is 0 Å². The Kier molecular flexibility index (Phi) is 4.55. The molecule has 2 N–H and O–H groups in total. The number of aryl methyl sites for hydroxylation is 2. The van der Waals surface area contributed by atoms with Crippen LogP contribution in [0.15, 0.2) is 30.6 Å². The molecule has 5 heteroatoms. The molecule has 1 aliphatic carbocycles. The number of anilines is 2. The fourth-order valence-corrected chi connectivity index (χ4v) is 2.85. The Morgan fingerprint density at radius 1 is 1.13 bits per heavy atom. The first-order valence-electron chi connectivity index (χ1n) is 8.09. The van der Waals surface area contributed by atoms with Gasteiger partial charge in [-0.3, -0.25) is 4.79 Å². The van der Waals surface area contributed by atoms with E-state index in [1.54, 1.807) is 6.20 Å². The van der Waals surface area contributed by atoms with Gasteiger partial charge in [0.2, 0.25) is 0 Å². The third-order valence-corrected chi connectivity index (χ3v) is 4.23. The first kappa shape index (κ1) is 15.5. The van der Waals surface area contributed by atoms with Crippen LogP contribution < -0.4 is 10.6 Å². The second-order valence-corrected chi connectivity index (χ2v) is 6.19. The minimum absolute atomic E-state index is 0.136. The zero-order valence-corrected chi connectivity index (χ0v) is 13.6. The highest BCUT2D eigenvalue weighted by Crippen LogP contribution is 2.20. The van der Waals surface area contributed by atoms with E-state index in [9.17, 15) is 4.79 Å². The largest absolute Gasteiger partial charge is 0.348 e. The number of rotatable bonds is 4. The molecule has 0 bridgehead atoms. The average Bonchev–Trinajstić information content (AvgIpc) is 3.04. The van der Waals surface area contributed by atoms with Gasteiger partial charge in [0.25, 0.3) is 5.91 Å². The number of hydrogen-bond acceptors (Lipinski definition) is 4. The molecule has 0 spiro atoms. The van der Waals surface area contributed by atoms with Gasteiger partial charge >= 0.3 is 0 Å². The standard InChI is InChI=1S/C18H22N4O/c1-12-7-8-13(2)15(9-12)22-17-11-19-16(10-20-17)18(23)21-14-5-3-4-6-14/h7-11,14H,3-6H2,1-2H3,(H,20,22)(H,21,23). The van der Waals surface area contributed by atoms with Gasteiger partial charge in [-0.25, -0.2) is 9.97 Å². The Morgan fingerprint density at radius 2 is 1.91 bits per heavy atom. The summed E-state index contributed by atoms with van der Waals surface area (Å²) in [5, 5.41) is 6.27. The molecule has 1 aliphatic rings. The Bertz CT molecular complexity index is 691. The van der Waals surface area contributed by atoms with E-state index >= 15 is 0 Å². The lowest BCUT2D eigenvalue weighted by Gasteiger charge is -2.12. The van der Waals surface area contributed by atoms with E-state index in [-0.39, 0.29) is 11.9 Å². The van der Waals surface area contributed by atoms with E-state index in [1.165, 1.54) is 24.6 Å². The van der Waals surface area contributed by atoms with Crippen molar-refractivity contribution in [3.8, 4) is 0 Å². The second-order valence-electron chi connectivity index (χ2n) is 6.19. The number of nitrogens with one attached hydrogen (secondary N) is 2. The first-order chi connectivity index (χ1) is 11.1. The van der Waals surface area contributed by atoms with Crippen LogP contribution >= 0.6 is 0 Å². The number of carbonyl (C=O) groups excluding carboxylic acids is 1. The maximum atomic E-state index is 12.1. The van der Waals surface area contributed by atoms with E-state index in [4.69, 9.17) is 0 Å². The number of amides is 1. The fourth-order valence-electron chi connectivity index (χ4n) is 2.85. The Labute approximate surface area is 136 Å². The molecule has 120 valence electrons. The smallest absolute Gasteiger partial charge is 0.271 e. The Balaban J connectivity index is 1.66. The van der Waals surface area contributed by atoms with Crippen LogP contribution in [0, 0.1) is 13.8 Å². The molecule has 1 heterocycles. The van der Waals surface area contributed by atoms with Crippen molar-refractivity contribution in [1.29, 1.82) is 0 Å². The highest BCUT2D eigenvalue weighted by Gasteiger charge is 2.18. The normalized spacial score (nSPS) is 14.7. The van der Waals surface area contributed by atoms with Crippen molar-refractivity contribution in [2.24, 2.45) is 0 Å². The summed E-state index contributed by atoms with van der Waals surface area (Å²) >= 11 is 0. The molecular weight excluding hydrogens is 288 g/mol. The molecule has 23 heavy (non-hydrogen) atoms. The quantitative estimate of drug-likeness (QED) is 0.907. The molecule has 5 nitrogen and oxygen atoms in total. The van der Waals surface area contributed by atoms with E-state index in [1.807, 2.05) is 13.8 Å².